The van der Waals surface area contributed by atoms with Gasteiger partial charge in [0.1, 0.15) is 11.5 Å². The van der Waals surface area contributed by atoms with Crippen LogP contribution in [0.1, 0.15) is 16.7 Å². The maximum atomic E-state index is 12.3. The summed E-state index contributed by atoms with van der Waals surface area (Å²) in [6.07, 6.45) is 3.50. The summed E-state index contributed by atoms with van der Waals surface area (Å²) in [5.41, 5.74) is 3.87. The smallest absolute Gasteiger partial charge is 0.317 e. The zero-order valence-corrected chi connectivity index (χ0v) is 16.4. The second-order valence-corrected chi connectivity index (χ2v) is 6.75. The van der Waals surface area contributed by atoms with Crippen LogP contribution < -0.4 is 15.0 Å². The Morgan fingerprint density at radius 1 is 1.29 bits per heavy atom. The number of aryl methyl sites for hydroxylation is 1. The zero-order chi connectivity index (χ0) is 20.4. The molecule has 1 aliphatic rings. The molecule has 0 aliphatic carbocycles. The van der Waals surface area contributed by atoms with Crippen LogP contribution in [0, 0.1) is 0 Å². The number of aliphatic carboxylic acids is 1. The number of carboxylic acid groups (broad SMARTS) is 1. The number of pyridine rings is 1. The van der Waals surface area contributed by atoms with Gasteiger partial charge in [0.15, 0.2) is 0 Å². The number of methoxy groups -OCH3 is 2. The average Bonchev–Trinajstić information content (AvgIpc) is 3.14. The van der Waals surface area contributed by atoms with Crippen molar-refractivity contribution < 1.29 is 19.4 Å². The summed E-state index contributed by atoms with van der Waals surface area (Å²) in [6, 6.07) is 3.75. The molecule has 1 aromatic heterocycles. The van der Waals surface area contributed by atoms with Crippen LogP contribution in [0.4, 0.5) is 0 Å². The minimum absolute atomic E-state index is 0.0536. The van der Waals surface area contributed by atoms with Gasteiger partial charge in [0.2, 0.25) is 0 Å². The molecule has 0 unspecified atom stereocenters. The van der Waals surface area contributed by atoms with Gasteiger partial charge in [0.05, 0.1) is 32.9 Å². The van der Waals surface area contributed by atoms with Crippen LogP contribution in [0.2, 0.25) is 0 Å². The number of likely N-dealkylation sites (N-methyl/N-ethyl adjacent to an activating group) is 1. The molecule has 0 amide bonds. The van der Waals surface area contributed by atoms with Crippen LogP contribution in [-0.4, -0.2) is 54.6 Å². The van der Waals surface area contributed by atoms with E-state index in [2.05, 4.69) is 4.99 Å². The van der Waals surface area contributed by atoms with Gasteiger partial charge < -0.3 is 19.1 Å². The van der Waals surface area contributed by atoms with Crippen molar-refractivity contribution in [1.29, 1.82) is 0 Å². The van der Waals surface area contributed by atoms with E-state index in [-0.39, 0.29) is 12.1 Å². The van der Waals surface area contributed by atoms with Gasteiger partial charge >= 0.3 is 5.97 Å². The third-order valence-electron chi connectivity index (χ3n) is 4.74. The van der Waals surface area contributed by atoms with Gasteiger partial charge in [0.25, 0.3) is 5.56 Å². The lowest BCUT2D eigenvalue weighted by atomic mass is 9.97. The van der Waals surface area contributed by atoms with Crippen molar-refractivity contribution in [3.8, 4) is 22.6 Å². The molecule has 2 aromatic rings. The van der Waals surface area contributed by atoms with E-state index < -0.39 is 5.97 Å². The quantitative estimate of drug-likeness (QED) is 0.777. The molecular formula is C20H23N3O5. The van der Waals surface area contributed by atoms with Crippen LogP contribution >= 0.6 is 0 Å². The van der Waals surface area contributed by atoms with Gasteiger partial charge in [-0.25, -0.2) is 0 Å². The first-order valence-electron chi connectivity index (χ1n) is 8.73. The number of aliphatic imine (C=N–C) groups is 1. The predicted molar refractivity (Wildman–Crippen MR) is 105 cm³/mol. The molecule has 0 spiro atoms. The van der Waals surface area contributed by atoms with Crippen molar-refractivity contribution in [2.75, 3.05) is 27.8 Å². The van der Waals surface area contributed by atoms with E-state index in [4.69, 9.17) is 14.6 Å². The number of aromatic nitrogens is 1. The number of benzene rings is 1. The van der Waals surface area contributed by atoms with Gasteiger partial charge in [-0.3, -0.25) is 19.5 Å². The van der Waals surface area contributed by atoms with Crippen molar-refractivity contribution >= 4 is 12.2 Å². The fourth-order valence-corrected chi connectivity index (χ4v) is 3.42. The molecule has 8 nitrogen and oxygen atoms in total. The molecule has 28 heavy (non-hydrogen) atoms. The monoisotopic (exact) mass is 385 g/mol. The summed E-state index contributed by atoms with van der Waals surface area (Å²) in [7, 11) is 6.56. The van der Waals surface area contributed by atoms with E-state index in [0.717, 1.165) is 22.3 Å². The molecule has 8 heteroatoms. The minimum atomic E-state index is -0.905. The SMILES string of the molecule is COc1cc(-c2cn(C)c(=O)c3c2C=NC3)cc(OC)c1CN(C)CC(=O)O. The van der Waals surface area contributed by atoms with E-state index in [9.17, 15) is 9.59 Å². The van der Waals surface area contributed by atoms with Crippen LogP contribution in [0.25, 0.3) is 11.1 Å². The van der Waals surface area contributed by atoms with Gasteiger partial charge in [-0.05, 0) is 24.7 Å². The van der Waals surface area contributed by atoms with Crippen LogP contribution in [-0.2, 0) is 24.9 Å². The Morgan fingerprint density at radius 3 is 2.50 bits per heavy atom. The van der Waals surface area contributed by atoms with E-state index in [1.165, 1.54) is 0 Å². The van der Waals surface area contributed by atoms with Crippen molar-refractivity contribution in [3.63, 3.8) is 0 Å². The van der Waals surface area contributed by atoms with Crippen LogP contribution in [0.5, 0.6) is 11.5 Å². The van der Waals surface area contributed by atoms with Crippen molar-refractivity contribution in [1.82, 2.24) is 9.47 Å². The molecule has 148 valence electrons. The number of carboxylic acids is 1. The van der Waals surface area contributed by atoms with Gasteiger partial charge in [-0.2, -0.15) is 0 Å². The summed E-state index contributed by atoms with van der Waals surface area (Å²) in [6.45, 7) is 0.632. The number of fused-ring (bicyclic) bond motifs is 1. The van der Waals surface area contributed by atoms with Gasteiger partial charge in [-0.15, -0.1) is 0 Å². The summed E-state index contributed by atoms with van der Waals surface area (Å²) in [4.78, 5) is 29.2. The first-order valence-corrected chi connectivity index (χ1v) is 8.73. The second-order valence-electron chi connectivity index (χ2n) is 6.75. The molecule has 3 rings (SSSR count). The predicted octanol–water partition coefficient (Wildman–Crippen LogP) is 1.52. The Labute approximate surface area is 162 Å². The summed E-state index contributed by atoms with van der Waals surface area (Å²) >= 11 is 0. The summed E-state index contributed by atoms with van der Waals surface area (Å²) in [5.74, 6) is 0.269. The third-order valence-corrected chi connectivity index (χ3v) is 4.74. The number of rotatable bonds is 7. The molecule has 1 N–H and O–H groups in total. The first kappa shape index (κ1) is 19.6. The highest BCUT2D eigenvalue weighted by molar-refractivity contribution is 5.94. The molecule has 0 saturated carbocycles. The Balaban J connectivity index is 2.12. The fourth-order valence-electron chi connectivity index (χ4n) is 3.42. The highest BCUT2D eigenvalue weighted by atomic mass is 16.5. The zero-order valence-electron chi connectivity index (χ0n) is 16.4. The van der Waals surface area contributed by atoms with Crippen molar-refractivity contribution in [2.24, 2.45) is 12.0 Å². The van der Waals surface area contributed by atoms with E-state index in [1.807, 2.05) is 12.1 Å². The number of carbonyl (C=O) groups is 1. The first-order chi connectivity index (χ1) is 13.3. The lowest BCUT2D eigenvalue weighted by molar-refractivity contribution is -0.138. The molecule has 0 atom stereocenters. The molecule has 0 fully saturated rings. The Kier molecular flexibility index (Phi) is 5.51. The number of ether oxygens (including phenoxy) is 2. The fraction of sp³-hybridized carbons (Fsp3) is 0.350. The third kappa shape index (κ3) is 3.63. The highest BCUT2D eigenvalue weighted by Crippen LogP contribution is 2.37. The Bertz CT molecular complexity index is 985. The maximum absolute atomic E-state index is 12.3. The lowest BCUT2D eigenvalue weighted by Crippen LogP contribution is -2.25. The standard InChI is InChI=1S/C20H23N3O5/c1-22(11-19(24)25)9-16-17(27-3)5-12(6-18(16)28-4)15-10-23(2)20(26)14-8-21-7-13(14)15/h5-7,10H,8-9,11H2,1-4H3,(H,24,25). The van der Waals surface area contributed by atoms with Crippen molar-refractivity contribution in [3.05, 3.63) is 45.4 Å². The van der Waals surface area contributed by atoms with Gasteiger partial charge in [0, 0.05) is 42.7 Å². The number of hydrogen-bond acceptors (Lipinski definition) is 6. The average molecular weight is 385 g/mol. The molecule has 1 aliphatic heterocycles. The van der Waals surface area contributed by atoms with E-state index >= 15 is 0 Å². The summed E-state index contributed by atoms with van der Waals surface area (Å²) < 4.78 is 12.7. The second kappa shape index (κ2) is 7.85. The topological polar surface area (TPSA) is 93.4 Å². The van der Waals surface area contributed by atoms with Crippen molar-refractivity contribution in [2.45, 2.75) is 13.1 Å². The molecular weight excluding hydrogens is 362 g/mol. The van der Waals surface area contributed by atoms with E-state index in [0.29, 0.717) is 30.2 Å². The van der Waals surface area contributed by atoms with Crippen LogP contribution in [0.15, 0.2) is 28.1 Å². The van der Waals surface area contributed by atoms with Gasteiger partial charge in [-0.1, -0.05) is 0 Å². The van der Waals surface area contributed by atoms with E-state index in [1.54, 1.807) is 50.2 Å². The summed E-state index contributed by atoms with van der Waals surface area (Å²) in [5, 5.41) is 9.00. The molecule has 0 radical (unpaired) electrons. The number of hydrogen-bond donors (Lipinski definition) is 1. The minimum Gasteiger partial charge on any atom is -0.496 e. The highest BCUT2D eigenvalue weighted by Gasteiger charge is 2.21. The Morgan fingerprint density at radius 2 is 1.93 bits per heavy atom. The Hall–Kier alpha value is -3.13. The normalized spacial score (nSPS) is 12.3. The lowest BCUT2D eigenvalue weighted by Gasteiger charge is -2.20. The molecule has 0 bridgehead atoms. The maximum Gasteiger partial charge on any atom is 0.317 e. The molecule has 2 heterocycles. The largest absolute Gasteiger partial charge is 0.496 e. The number of nitrogens with zero attached hydrogens (tertiary/aromatic N) is 3. The van der Waals surface area contributed by atoms with Crippen LogP contribution in [0.3, 0.4) is 0 Å². The molecule has 0 saturated heterocycles. The molecule has 1 aromatic carbocycles.